The Morgan fingerprint density at radius 2 is 1.80 bits per heavy atom. The highest BCUT2D eigenvalue weighted by Crippen LogP contribution is 2.26. The van der Waals surface area contributed by atoms with Crippen LogP contribution in [-0.2, 0) is 4.79 Å². The standard InChI is InChI=1S/C20H31N3O.ClH/c1-16-9-13-23(14-10-16)19(17-5-3-2-4-6-17)15-22-20(24)18-7-11-21-12-8-18;/h2-6,16,18-19,21H,7-15H2,1H3,(H,22,24);1H. The number of piperidine rings is 2. The van der Waals surface area contributed by atoms with Gasteiger partial charge in [0.05, 0.1) is 6.04 Å². The van der Waals surface area contributed by atoms with Crippen molar-refractivity contribution < 1.29 is 4.79 Å². The molecule has 0 bridgehead atoms. The third-order valence-electron chi connectivity index (χ3n) is 5.62. The highest BCUT2D eigenvalue weighted by molar-refractivity contribution is 5.85. The number of nitrogens with zero attached hydrogens (tertiary/aromatic N) is 1. The third-order valence-corrected chi connectivity index (χ3v) is 5.62. The Balaban J connectivity index is 0.00000225. The van der Waals surface area contributed by atoms with E-state index in [1.165, 1.54) is 18.4 Å². The zero-order valence-electron chi connectivity index (χ0n) is 15.2. The zero-order chi connectivity index (χ0) is 16.8. The predicted molar refractivity (Wildman–Crippen MR) is 105 cm³/mol. The number of hydrogen-bond donors (Lipinski definition) is 2. The minimum atomic E-state index is 0. The molecule has 1 unspecified atom stereocenters. The fourth-order valence-corrected chi connectivity index (χ4v) is 3.90. The summed E-state index contributed by atoms with van der Waals surface area (Å²) in [7, 11) is 0. The largest absolute Gasteiger partial charge is 0.354 e. The van der Waals surface area contributed by atoms with Gasteiger partial charge in [0.1, 0.15) is 0 Å². The van der Waals surface area contributed by atoms with E-state index in [2.05, 4.69) is 52.8 Å². The Hall–Kier alpha value is -1.10. The van der Waals surface area contributed by atoms with E-state index >= 15 is 0 Å². The van der Waals surface area contributed by atoms with Crippen LogP contribution < -0.4 is 10.6 Å². The molecule has 2 fully saturated rings. The molecule has 140 valence electrons. The highest BCUT2D eigenvalue weighted by Gasteiger charge is 2.26. The van der Waals surface area contributed by atoms with Crippen LogP contribution in [0.1, 0.15) is 44.2 Å². The molecule has 1 atom stereocenters. The SMILES string of the molecule is CC1CCN(C(CNC(=O)C2CCNCC2)c2ccccc2)CC1.Cl. The van der Waals surface area contributed by atoms with Gasteiger partial charge in [0.2, 0.25) is 5.91 Å². The topological polar surface area (TPSA) is 44.4 Å². The molecule has 1 amide bonds. The van der Waals surface area contributed by atoms with Crippen molar-refractivity contribution in [3.05, 3.63) is 35.9 Å². The van der Waals surface area contributed by atoms with E-state index < -0.39 is 0 Å². The summed E-state index contributed by atoms with van der Waals surface area (Å²) in [6.07, 6.45) is 4.43. The minimum absolute atomic E-state index is 0. The number of likely N-dealkylation sites (tertiary alicyclic amines) is 1. The Morgan fingerprint density at radius 1 is 1.16 bits per heavy atom. The maximum absolute atomic E-state index is 12.5. The molecule has 1 aromatic rings. The number of amides is 1. The minimum Gasteiger partial charge on any atom is -0.354 e. The van der Waals surface area contributed by atoms with Crippen molar-refractivity contribution in [2.75, 3.05) is 32.7 Å². The van der Waals surface area contributed by atoms with Gasteiger partial charge in [-0.1, -0.05) is 37.3 Å². The van der Waals surface area contributed by atoms with E-state index in [0.717, 1.165) is 51.5 Å². The van der Waals surface area contributed by atoms with Gasteiger partial charge in [0.15, 0.2) is 0 Å². The lowest BCUT2D eigenvalue weighted by Crippen LogP contribution is -2.44. The Bertz CT molecular complexity index is 511. The first-order chi connectivity index (χ1) is 11.7. The fraction of sp³-hybridized carbons (Fsp3) is 0.650. The summed E-state index contributed by atoms with van der Waals surface area (Å²) in [5.74, 6) is 1.24. The summed E-state index contributed by atoms with van der Waals surface area (Å²) in [5, 5.41) is 6.58. The van der Waals surface area contributed by atoms with Crippen LogP contribution in [0.15, 0.2) is 30.3 Å². The quantitative estimate of drug-likeness (QED) is 0.843. The molecule has 0 radical (unpaired) electrons. The fourth-order valence-electron chi connectivity index (χ4n) is 3.90. The van der Waals surface area contributed by atoms with E-state index in [1.807, 2.05) is 0 Å². The number of carbonyl (C=O) groups excluding carboxylic acids is 1. The van der Waals surface area contributed by atoms with Crippen LogP contribution in [-0.4, -0.2) is 43.5 Å². The molecule has 3 rings (SSSR count). The molecule has 0 aliphatic carbocycles. The van der Waals surface area contributed by atoms with Gasteiger partial charge in [0, 0.05) is 12.5 Å². The molecular formula is C20H32ClN3O. The van der Waals surface area contributed by atoms with Crippen LogP contribution in [0.25, 0.3) is 0 Å². The first kappa shape index (κ1) is 20.2. The second kappa shape index (κ2) is 10.1. The summed E-state index contributed by atoms with van der Waals surface area (Å²) in [6.45, 7) is 7.25. The number of hydrogen-bond acceptors (Lipinski definition) is 3. The van der Waals surface area contributed by atoms with E-state index in [4.69, 9.17) is 0 Å². The molecular weight excluding hydrogens is 334 g/mol. The molecule has 4 nitrogen and oxygen atoms in total. The van der Waals surface area contributed by atoms with Gasteiger partial charge in [0.25, 0.3) is 0 Å². The van der Waals surface area contributed by atoms with Gasteiger partial charge < -0.3 is 10.6 Å². The van der Waals surface area contributed by atoms with Gasteiger partial charge in [-0.2, -0.15) is 0 Å². The summed E-state index contributed by atoms with van der Waals surface area (Å²) >= 11 is 0. The highest BCUT2D eigenvalue weighted by atomic mass is 35.5. The number of benzene rings is 1. The second-order valence-electron chi connectivity index (χ2n) is 7.41. The second-order valence-corrected chi connectivity index (χ2v) is 7.41. The average molecular weight is 366 g/mol. The van der Waals surface area contributed by atoms with Crippen LogP contribution in [0, 0.1) is 11.8 Å². The van der Waals surface area contributed by atoms with E-state index in [-0.39, 0.29) is 24.2 Å². The van der Waals surface area contributed by atoms with E-state index in [9.17, 15) is 4.79 Å². The number of nitrogens with one attached hydrogen (secondary N) is 2. The Morgan fingerprint density at radius 3 is 2.44 bits per heavy atom. The average Bonchev–Trinajstić information content (AvgIpc) is 2.65. The van der Waals surface area contributed by atoms with Crippen molar-refractivity contribution >= 4 is 18.3 Å². The molecule has 0 spiro atoms. The molecule has 5 heteroatoms. The van der Waals surface area contributed by atoms with Gasteiger partial charge in [-0.15, -0.1) is 12.4 Å². The van der Waals surface area contributed by atoms with Crippen molar-refractivity contribution in [3.63, 3.8) is 0 Å². The van der Waals surface area contributed by atoms with E-state index in [0.29, 0.717) is 6.04 Å². The van der Waals surface area contributed by atoms with Crippen LogP contribution >= 0.6 is 12.4 Å². The molecule has 25 heavy (non-hydrogen) atoms. The molecule has 0 aromatic heterocycles. The van der Waals surface area contributed by atoms with Gasteiger partial charge >= 0.3 is 0 Å². The smallest absolute Gasteiger partial charge is 0.223 e. The van der Waals surface area contributed by atoms with Crippen molar-refractivity contribution in [3.8, 4) is 0 Å². The van der Waals surface area contributed by atoms with Crippen LogP contribution in [0.5, 0.6) is 0 Å². The first-order valence-electron chi connectivity index (χ1n) is 9.51. The lowest BCUT2D eigenvalue weighted by Gasteiger charge is -2.37. The molecule has 2 heterocycles. The van der Waals surface area contributed by atoms with Crippen LogP contribution in [0.3, 0.4) is 0 Å². The lowest BCUT2D eigenvalue weighted by atomic mass is 9.95. The number of halogens is 1. The molecule has 2 saturated heterocycles. The van der Waals surface area contributed by atoms with Crippen molar-refractivity contribution in [1.29, 1.82) is 0 Å². The first-order valence-corrected chi connectivity index (χ1v) is 9.51. The summed E-state index contributed by atoms with van der Waals surface area (Å²) in [4.78, 5) is 15.1. The molecule has 1 aromatic carbocycles. The van der Waals surface area contributed by atoms with Gasteiger partial charge in [-0.3, -0.25) is 9.69 Å². The van der Waals surface area contributed by atoms with Gasteiger partial charge in [-0.05, 0) is 63.3 Å². The van der Waals surface area contributed by atoms with Gasteiger partial charge in [-0.25, -0.2) is 0 Å². The Labute approximate surface area is 158 Å². The zero-order valence-corrected chi connectivity index (χ0v) is 16.1. The van der Waals surface area contributed by atoms with Crippen molar-refractivity contribution in [2.24, 2.45) is 11.8 Å². The molecule has 2 N–H and O–H groups in total. The third kappa shape index (κ3) is 5.70. The lowest BCUT2D eigenvalue weighted by molar-refractivity contribution is -0.126. The van der Waals surface area contributed by atoms with Crippen LogP contribution in [0.2, 0.25) is 0 Å². The van der Waals surface area contributed by atoms with Crippen molar-refractivity contribution in [1.82, 2.24) is 15.5 Å². The normalized spacial score (nSPS) is 21.3. The summed E-state index contributed by atoms with van der Waals surface area (Å²) in [5.41, 5.74) is 1.32. The number of carbonyl (C=O) groups is 1. The maximum atomic E-state index is 12.5. The maximum Gasteiger partial charge on any atom is 0.223 e. The monoisotopic (exact) mass is 365 g/mol. The molecule has 2 aliphatic heterocycles. The predicted octanol–water partition coefficient (Wildman–Crippen LogP) is 3.00. The summed E-state index contributed by atoms with van der Waals surface area (Å²) in [6, 6.07) is 10.9. The van der Waals surface area contributed by atoms with E-state index in [1.54, 1.807) is 0 Å². The van der Waals surface area contributed by atoms with Crippen LogP contribution in [0.4, 0.5) is 0 Å². The summed E-state index contributed by atoms with van der Waals surface area (Å²) < 4.78 is 0. The number of rotatable bonds is 5. The molecule has 2 aliphatic rings. The Kier molecular flexibility index (Phi) is 8.20. The molecule has 0 saturated carbocycles. The van der Waals surface area contributed by atoms with Crippen molar-refractivity contribution in [2.45, 2.75) is 38.6 Å².